The third-order valence-electron chi connectivity index (χ3n) is 4.54. The maximum atomic E-state index is 11.9. The number of imide groups is 1. The molecule has 1 saturated heterocycles. The maximum absolute atomic E-state index is 11.9. The number of nitrogens with zero attached hydrogens (tertiary/aromatic N) is 2. The molecule has 2 aliphatic rings. The molecule has 6 nitrogen and oxygen atoms in total. The summed E-state index contributed by atoms with van der Waals surface area (Å²) in [4.78, 5) is 28.1. The summed E-state index contributed by atoms with van der Waals surface area (Å²) >= 11 is 0. The highest BCUT2D eigenvalue weighted by molar-refractivity contribution is 5.95. The van der Waals surface area contributed by atoms with Gasteiger partial charge in [-0.05, 0) is 18.8 Å². The van der Waals surface area contributed by atoms with Crippen molar-refractivity contribution in [2.75, 3.05) is 39.3 Å². The van der Waals surface area contributed by atoms with Crippen LogP contribution in [0.15, 0.2) is 0 Å². The van der Waals surface area contributed by atoms with Crippen LogP contribution in [0, 0.1) is 5.92 Å². The van der Waals surface area contributed by atoms with E-state index in [-0.39, 0.29) is 11.9 Å². The third kappa shape index (κ3) is 5.57. The zero-order valence-corrected chi connectivity index (χ0v) is 13.9. The Morgan fingerprint density at radius 2 is 1.73 bits per heavy atom. The van der Waals surface area contributed by atoms with Crippen LogP contribution < -0.4 is 10.6 Å². The SMILES string of the molecule is CC(C)CNC(=O)NC(=O)CN1CCN(C2CCCC2)CC1. The minimum absolute atomic E-state index is 0.212. The van der Waals surface area contributed by atoms with Crippen LogP contribution >= 0.6 is 0 Å². The van der Waals surface area contributed by atoms with Gasteiger partial charge in [0.15, 0.2) is 0 Å². The molecule has 1 saturated carbocycles. The fourth-order valence-corrected chi connectivity index (χ4v) is 3.27. The van der Waals surface area contributed by atoms with Gasteiger partial charge in [-0.15, -0.1) is 0 Å². The number of amides is 3. The number of piperazine rings is 1. The first-order valence-electron chi connectivity index (χ1n) is 8.58. The molecule has 6 heteroatoms. The predicted octanol–water partition coefficient (Wildman–Crippen LogP) is 1.03. The van der Waals surface area contributed by atoms with Gasteiger partial charge in [-0.25, -0.2) is 4.79 Å². The molecule has 22 heavy (non-hydrogen) atoms. The molecule has 1 heterocycles. The van der Waals surface area contributed by atoms with Crippen molar-refractivity contribution >= 4 is 11.9 Å². The van der Waals surface area contributed by atoms with Gasteiger partial charge in [0, 0.05) is 38.8 Å². The number of rotatable bonds is 5. The lowest BCUT2D eigenvalue weighted by atomic mass is 10.2. The number of urea groups is 1. The van der Waals surface area contributed by atoms with Crippen LogP contribution in [-0.2, 0) is 4.79 Å². The topological polar surface area (TPSA) is 64.7 Å². The normalized spacial score (nSPS) is 21.2. The van der Waals surface area contributed by atoms with E-state index in [1.165, 1.54) is 25.7 Å². The molecule has 0 atom stereocenters. The highest BCUT2D eigenvalue weighted by Gasteiger charge is 2.26. The van der Waals surface area contributed by atoms with E-state index in [1.807, 2.05) is 13.8 Å². The van der Waals surface area contributed by atoms with E-state index in [1.54, 1.807) is 0 Å². The summed E-state index contributed by atoms with van der Waals surface area (Å²) in [5.74, 6) is 0.167. The van der Waals surface area contributed by atoms with Crippen LogP contribution in [0.1, 0.15) is 39.5 Å². The summed E-state index contributed by atoms with van der Waals surface area (Å²) < 4.78 is 0. The van der Waals surface area contributed by atoms with Gasteiger partial charge in [0.25, 0.3) is 0 Å². The van der Waals surface area contributed by atoms with Crippen molar-refractivity contribution in [3.8, 4) is 0 Å². The minimum Gasteiger partial charge on any atom is -0.338 e. The lowest BCUT2D eigenvalue weighted by molar-refractivity contribution is -0.121. The molecule has 0 unspecified atom stereocenters. The van der Waals surface area contributed by atoms with E-state index in [9.17, 15) is 9.59 Å². The Morgan fingerprint density at radius 3 is 2.32 bits per heavy atom. The molecule has 0 bridgehead atoms. The van der Waals surface area contributed by atoms with Crippen LogP contribution in [0.4, 0.5) is 4.79 Å². The first-order chi connectivity index (χ1) is 10.5. The molecule has 2 N–H and O–H groups in total. The van der Waals surface area contributed by atoms with E-state index in [4.69, 9.17) is 0 Å². The lowest BCUT2D eigenvalue weighted by Crippen LogP contribution is -2.53. The average molecular weight is 310 g/mol. The van der Waals surface area contributed by atoms with Crippen molar-refractivity contribution in [3.63, 3.8) is 0 Å². The summed E-state index contributed by atoms with van der Waals surface area (Å²) in [5, 5.41) is 5.10. The smallest absolute Gasteiger partial charge is 0.321 e. The standard InChI is InChI=1S/C16H30N4O2/c1-13(2)11-17-16(22)18-15(21)12-19-7-9-20(10-8-19)14-5-3-4-6-14/h13-14H,3-12H2,1-2H3,(H2,17,18,21,22). The van der Waals surface area contributed by atoms with Crippen molar-refractivity contribution < 1.29 is 9.59 Å². The molecular formula is C16H30N4O2. The summed E-state index contributed by atoms with van der Waals surface area (Å²) in [6.07, 6.45) is 5.38. The van der Waals surface area contributed by atoms with E-state index in [0.29, 0.717) is 19.0 Å². The fraction of sp³-hybridized carbons (Fsp3) is 0.875. The molecular weight excluding hydrogens is 280 g/mol. The van der Waals surface area contributed by atoms with Gasteiger partial charge < -0.3 is 5.32 Å². The number of hydrogen-bond donors (Lipinski definition) is 2. The van der Waals surface area contributed by atoms with Crippen LogP contribution in [0.3, 0.4) is 0 Å². The maximum Gasteiger partial charge on any atom is 0.321 e. The Bertz CT molecular complexity index is 372. The Labute approximate surface area is 133 Å². The molecule has 0 spiro atoms. The van der Waals surface area contributed by atoms with Crippen molar-refractivity contribution in [1.29, 1.82) is 0 Å². The molecule has 1 aliphatic heterocycles. The van der Waals surface area contributed by atoms with Crippen molar-refractivity contribution in [1.82, 2.24) is 20.4 Å². The second-order valence-electron chi connectivity index (χ2n) is 6.90. The molecule has 0 aromatic carbocycles. The van der Waals surface area contributed by atoms with Gasteiger partial charge in [-0.2, -0.15) is 0 Å². The zero-order valence-electron chi connectivity index (χ0n) is 13.9. The summed E-state index contributed by atoms with van der Waals surface area (Å²) in [6, 6.07) is 0.376. The Morgan fingerprint density at radius 1 is 1.09 bits per heavy atom. The quantitative estimate of drug-likeness (QED) is 0.796. The summed E-state index contributed by atoms with van der Waals surface area (Å²) in [5.41, 5.74) is 0. The van der Waals surface area contributed by atoms with E-state index >= 15 is 0 Å². The number of nitrogens with one attached hydrogen (secondary N) is 2. The zero-order chi connectivity index (χ0) is 15.9. The average Bonchev–Trinajstić information content (AvgIpc) is 3.00. The summed E-state index contributed by atoms with van der Waals surface area (Å²) in [6.45, 7) is 8.84. The monoisotopic (exact) mass is 310 g/mol. The highest BCUT2D eigenvalue weighted by atomic mass is 16.2. The Kier molecular flexibility index (Phi) is 6.64. The highest BCUT2D eigenvalue weighted by Crippen LogP contribution is 2.24. The fourth-order valence-electron chi connectivity index (χ4n) is 3.27. The minimum atomic E-state index is -0.386. The van der Waals surface area contributed by atoms with E-state index < -0.39 is 0 Å². The van der Waals surface area contributed by atoms with E-state index in [0.717, 1.165) is 32.2 Å². The number of hydrogen-bond acceptors (Lipinski definition) is 4. The Hall–Kier alpha value is -1.14. The molecule has 1 aliphatic carbocycles. The van der Waals surface area contributed by atoms with Gasteiger partial charge in [0.05, 0.1) is 6.54 Å². The van der Waals surface area contributed by atoms with Gasteiger partial charge in [0.1, 0.15) is 0 Å². The molecule has 3 amide bonds. The van der Waals surface area contributed by atoms with Gasteiger partial charge in [-0.1, -0.05) is 26.7 Å². The number of carbonyl (C=O) groups excluding carboxylic acids is 2. The van der Waals surface area contributed by atoms with Crippen molar-refractivity contribution in [3.05, 3.63) is 0 Å². The molecule has 2 fully saturated rings. The first-order valence-corrected chi connectivity index (χ1v) is 8.58. The van der Waals surface area contributed by atoms with Crippen LogP contribution in [0.25, 0.3) is 0 Å². The van der Waals surface area contributed by atoms with Crippen LogP contribution in [0.5, 0.6) is 0 Å². The molecule has 2 rings (SSSR count). The Balaban J connectivity index is 1.62. The molecule has 126 valence electrons. The summed E-state index contributed by atoms with van der Waals surface area (Å²) in [7, 11) is 0. The predicted molar refractivity (Wildman–Crippen MR) is 86.6 cm³/mol. The third-order valence-corrected chi connectivity index (χ3v) is 4.54. The second-order valence-corrected chi connectivity index (χ2v) is 6.90. The van der Waals surface area contributed by atoms with Gasteiger partial charge >= 0.3 is 6.03 Å². The first kappa shape index (κ1) is 17.2. The largest absolute Gasteiger partial charge is 0.338 e. The van der Waals surface area contributed by atoms with Crippen LogP contribution in [-0.4, -0.2) is 67.0 Å². The molecule has 0 aromatic rings. The molecule has 0 aromatic heterocycles. The second kappa shape index (κ2) is 8.48. The van der Waals surface area contributed by atoms with Gasteiger partial charge in [0.2, 0.25) is 5.91 Å². The van der Waals surface area contributed by atoms with Crippen LogP contribution in [0.2, 0.25) is 0 Å². The molecule has 0 radical (unpaired) electrons. The lowest BCUT2D eigenvalue weighted by Gasteiger charge is -2.37. The van der Waals surface area contributed by atoms with E-state index in [2.05, 4.69) is 20.4 Å². The van der Waals surface area contributed by atoms with Crippen molar-refractivity contribution in [2.45, 2.75) is 45.6 Å². The van der Waals surface area contributed by atoms with Crippen molar-refractivity contribution in [2.24, 2.45) is 5.92 Å². The van der Waals surface area contributed by atoms with Gasteiger partial charge in [-0.3, -0.25) is 19.9 Å². The number of carbonyl (C=O) groups is 2.